The molecule has 0 radical (unpaired) electrons. The average Bonchev–Trinajstić information content (AvgIpc) is 2.76. The minimum Gasteiger partial charge on any atom is -0.369 e. The lowest BCUT2D eigenvalue weighted by Gasteiger charge is -2.21. The maximum Gasteiger partial charge on any atom is 0.294 e. The molecule has 8 heteroatoms. The first-order valence-corrected chi connectivity index (χ1v) is 13.8. The van der Waals surface area contributed by atoms with Gasteiger partial charge >= 0.3 is 0 Å². The van der Waals surface area contributed by atoms with Crippen LogP contribution in [0.5, 0.6) is 0 Å². The summed E-state index contributed by atoms with van der Waals surface area (Å²) in [6.45, 7) is 5.77. The van der Waals surface area contributed by atoms with Gasteiger partial charge in [-0.05, 0) is 73.4 Å². The molecule has 0 amide bonds. The number of rotatable bonds is 9. The fourth-order valence-electron chi connectivity index (χ4n) is 3.62. The van der Waals surface area contributed by atoms with E-state index in [4.69, 9.17) is 0 Å². The summed E-state index contributed by atoms with van der Waals surface area (Å²) in [7, 11) is -7.96. The summed E-state index contributed by atoms with van der Waals surface area (Å²) >= 11 is 0. The molecule has 2 N–H and O–H groups in total. The standard InChI is InChI=1S/C25H29NO5S2/c1-4-5-9-25(32(27,28)22-13-10-18(2)11-14-22)26-21-8-6-7-20(16-21)24-17-23(33(29,30)31)15-12-19(24)3/h6-8,10-17,25-26H,4-5,9H2,1-3H3,(H,29,30,31). The Hall–Kier alpha value is -2.68. The third kappa shape index (κ3) is 6.01. The summed E-state index contributed by atoms with van der Waals surface area (Å²) in [4.78, 5) is 0.0822. The fourth-order valence-corrected chi connectivity index (χ4v) is 5.74. The summed E-state index contributed by atoms with van der Waals surface area (Å²) in [6, 6.07) is 18.4. The smallest absolute Gasteiger partial charge is 0.294 e. The molecular formula is C25H29NO5S2. The Kier molecular flexibility index (Phi) is 7.62. The lowest BCUT2D eigenvalue weighted by atomic mass is 10.0. The van der Waals surface area contributed by atoms with E-state index in [9.17, 15) is 21.4 Å². The van der Waals surface area contributed by atoms with Crippen LogP contribution in [-0.2, 0) is 20.0 Å². The van der Waals surface area contributed by atoms with Crippen molar-refractivity contribution in [2.75, 3.05) is 5.32 Å². The molecule has 33 heavy (non-hydrogen) atoms. The first-order valence-electron chi connectivity index (χ1n) is 10.8. The molecular weight excluding hydrogens is 458 g/mol. The van der Waals surface area contributed by atoms with E-state index in [1.165, 1.54) is 12.1 Å². The highest BCUT2D eigenvalue weighted by molar-refractivity contribution is 7.92. The van der Waals surface area contributed by atoms with Crippen molar-refractivity contribution >= 4 is 25.6 Å². The molecule has 1 atom stereocenters. The van der Waals surface area contributed by atoms with Crippen molar-refractivity contribution in [3.8, 4) is 11.1 Å². The predicted octanol–water partition coefficient (Wildman–Crippen LogP) is 5.62. The van der Waals surface area contributed by atoms with Crippen LogP contribution in [0.3, 0.4) is 0 Å². The summed E-state index contributed by atoms with van der Waals surface area (Å²) in [5.74, 6) is 0. The van der Waals surface area contributed by atoms with Crippen LogP contribution < -0.4 is 5.32 Å². The Morgan fingerprint density at radius 2 is 1.55 bits per heavy atom. The zero-order valence-electron chi connectivity index (χ0n) is 18.9. The summed E-state index contributed by atoms with van der Waals surface area (Å²) < 4.78 is 59.3. The van der Waals surface area contributed by atoms with Gasteiger partial charge < -0.3 is 5.32 Å². The van der Waals surface area contributed by atoms with Crippen LogP contribution in [0.1, 0.15) is 37.3 Å². The van der Waals surface area contributed by atoms with E-state index in [0.29, 0.717) is 23.2 Å². The molecule has 0 aliphatic carbocycles. The second-order valence-electron chi connectivity index (χ2n) is 8.17. The Bertz CT molecular complexity index is 1330. The van der Waals surface area contributed by atoms with Crippen LogP contribution in [0.25, 0.3) is 11.1 Å². The Morgan fingerprint density at radius 3 is 2.18 bits per heavy atom. The lowest BCUT2D eigenvalue weighted by Crippen LogP contribution is -2.29. The molecule has 0 saturated heterocycles. The molecule has 0 aliphatic heterocycles. The van der Waals surface area contributed by atoms with E-state index >= 15 is 0 Å². The number of nitrogens with one attached hydrogen (secondary N) is 1. The van der Waals surface area contributed by atoms with E-state index < -0.39 is 25.3 Å². The van der Waals surface area contributed by atoms with Crippen LogP contribution in [0.15, 0.2) is 76.5 Å². The van der Waals surface area contributed by atoms with Crippen LogP contribution in [0.4, 0.5) is 5.69 Å². The summed E-state index contributed by atoms with van der Waals surface area (Å²) in [6.07, 6.45) is 2.06. The topological polar surface area (TPSA) is 101 Å². The van der Waals surface area contributed by atoms with Crippen LogP contribution in [0, 0.1) is 13.8 Å². The molecule has 3 aromatic carbocycles. The highest BCUT2D eigenvalue weighted by Gasteiger charge is 2.27. The molecule has 3 aromatic rings. The molecule has 0 spiro atoms. The summed E-state index contributed by atoms with van der Waals surface area (Å²) in [5.41, 5.74) is 3.78. The molecule has 6 nitrogen and oxygen atoms in total. The summed E-state index contributed by atoms with van der Waals surface area (Å²) in [5, 5.41) is 2.38. The van der Waals surface area contributed by atoms with Crippen molar-refractivity contribution in [1.82, 2.24) is 0 Å². The molecule has 1 unspecified atom stereocenters. The number of sulfone groups is 1. The second kappa shape index (κ2) is 10.1. The van der Waals surface area contributed by atoms with E-state index in [0.717, 1.165) is 24.0 Å². The monoisotopic (exact) mass is 487 g/mol. The molecule has 0 heterocycles. The van der Waals surface area contributed by atoms with E-state index in [1.54, 1.807) is 48.5 Å². The van der Waals surface area contributed by atoms with Gasteiger partial charge in [0.2, 0.25) is 0 Å². The van der Waals surface area contributed by atoms with Gasteiger partial charge in [0.25, 0.3) is 10.1 Å². The van der Waals surface area contributed by atoms with Gasteiger partial charge in [-0.3, -0.25) is 4.55 Å². The van der Waals surface area contributed by atoms with Gasteiger partial charge in [-0.1, -0.05) is 55.7 Å². The Balaban J connectivity index is 1.98. The fraction of sp³-hybridized carbons (Fsp3) is 0.280. The normalized spacial score (nSPS) is 13.0. The zero-order chi connectivity index (χ0) is 24.2. The minimum atomic E-state index is -4.34. The van der Waals surface area contributed by atoms with Crippen molar-refractivity contribution in [2.24, 2.45) is 0 Å². The SMILES string of the molecule is CCCCC(Nc1cccc(-c2cc(S(=O)(=O)O)ccc2C)c1)S(=O)(=O)c1ccc(C)cc1. The molecule has 0 fully saturated rings. The molecule has 176 valence electrons. The number of hydrogen-bond acceptors (Lipinski definition) is 5. The van der Waals surface area contributed by atoms with Crippen LogP contribution in [0.2, 0.25) is 0 Å². The maximum atomic E-state index is 13.4. The van der Waals surface area contributed by atoms with Gasteiger partial charge in [0.05, 0.1) is 9.79 Å². The molecule has 0 aliphatic rings. The molecule has 3 rings (SSSR count). The Labute approximate surface area is 196 Å². The highest BCUT2D eigenvalue weighted by atomic mass is 32.2. The zero-order valence-corrected chi connectivity index (χ0v) is 20.6. The number of aryl methyl sites for hydroxylation is 2. The van der Waals surface area contributed by atoms with Crippen molar-refractivity contribution in [1.29, 1.82) is 0 Å². The maximum absolute atomic E-state index is 13.4. The van der Waals surface area contributed by atoms with Crippen molar-refractivity contribution in [3.05, 3.63) is 77.9 Å². The van der Waals surface area contributed by atoms with Gasteiger partial charge in [0.15, 0.2) is 9.84 Å². The minimum absolute atomic E-state index is 0.191. The Morgan fingerprint density at radius 1 is 0.879 bits per heavy atom. The molecule has 0 bridgehead atoms. The largest absolute Gasteiger partial charge is 0.369 e. The predicted molar refractivity (Wildman–Crippen MR) is 132 cm³/mol. The van der Waals surface area contributed by atoms with Crippen LogP contribution in [-0.4, -0.2) is 26.8 Å². The van der Waals surface area contributed by atoms with E-state index in [-0.39, 0.29) is 9.79 Å². The van der Waals surface area contributed by atoms with Crippen molar-refractivity contribution < 1.29 is 21.4 Å². The van der Waals surface area contributed by atoms with Crippen molar-refractivity contribution in [2.45, 2.75) is 55.2 Å². The first kappa shape index (κ1) is 25.0. The van der Waals surface area contributed by atoms with Gasteiger partial charge in [-0.15, -0.1) is 0 Å². The van der Waals surface area contributed by atoms with Crippen molar-refractivity contribution in [3.63, 3.8) is 0 Å². The second-order valence-corrected chi connectivity index (χ2v) is 11.7. The quantitative estimate of drug-likeness (QED) is 0.380. The van der Waals surface area contributed by atoms with Crippen LogP contribution >= 0.6 is 0 Å². The number of anilines is 1. The number of benzene rings is 3. The lowest BCUT2D eigenvalue weighted by molar-refractivity contribution is 0.483. The third-order valence-electron chi connectivity index (χ3n) is 5.55. The van der Waals surface area contributed by atoms with Gasteiger partial charge in [-0.25, -0.2) is 8.42 Å². The first-order chi connectivity index (χ1) is 15.5. The van der Waals surface area contributed by atoms with E-state index in [2.05, 4.69) is 5.32 Å². The van der Waals surface area contributed by atoms with Gasteiger partial charge in [0, 0.05) is 5.69 Å². The molecule has 0 aromatic heterocycles. The highest BCUT2D eigenvalue weighted by Crippen LogP contribution is 2.30. The average molecular weight is 488 g/mol. The molecule has 0 saturated carbocycles. The number of unbranched alkanes of at least 4 members (excludes halogenated alkanes) is 1. The van der Waals surface area contributed by atoms with Gasteiger partial charge in [-0.2, -0.15) is 8.42 Å². The van der Waals surface area contributed by atoms with E-state index in [1.807, 2.05) is 26.8 Å². The third-order valence-corrected chi connectivity index (χ3v) is 8.43. The van der Waals surface area contributed by atoms with Gasteiger partial charge in [0.1, 0.15) is 5.37 Å². The number of hydrogen-bond donors (Lipinski definition) is 2.